The SMILES string of the molecule is c1ccc(N(c2ccc(-c3ccc4oc5cc6c(cc5c4c3)-c3ccccc3C6(c3ccccc3)c3ccccc3)cc2)c2cccc3c2oc2ccccc23)cc1. The smallest absolute Gasteiger partial charge is 0.159 e. The van der Waals surface area contributed by atoms with Crippen molar-refractivity contribution in [2.75, 3.05) is 4.90 Å². The Morgan fingerprint density at radius 1 is 0.345 bits per heavy atom. The lowest BCUT2D eigenvalue weighted by atomic mass is 9.67. The second-order valence-electron chi connectivity index (χ2n) is 15.2. The molecule has 0 saturated heterocycles. The van der Waals surface area contributed by atoms with E-state index < -0.39 is 5.41 Å². The molecule has 3 heteroatoms. The maximum absolute atomic E-state index is 6.72. The number of furan rings is 2. The molecule has 3 nitrogen and oxygen atoms in total. The van der Waals surface area contributed by atoms with Gasteiger partial charge in [-0.25, -0.2) is 0 Å². The Balaban J connectivity index is 0.987. The van der Waals surface area contributed by atoms with Gasteiger partial charge in [-0.15, -0.1) is 0 Å². The molecule has 1 aliphatic carbocycles. The lowest BCUT2D eigenvalue weighted by molar-refractivity contribution is 0.666. The first kappa shape index (κ1) is 32.6. The van der Waals surface area contributed by atoms with Gasteiger partial charge in [-0.2, -0.15) is 0 Å². The summed E-state index contributed by atoms with van der Waals surface area (Å²) in [4.78, 5) is 2.28. The van der Waals surface area contributed by atoms with E-state index in [1.165, 1.54) is 33.4 Å². The maximum atomic E-state index is 6.72. The summed E-state index contributed by atoms with van der Waals surface area (Å²) >= 11 is 0. The van der Waals surface area contributed by atoms with Crippen LogP contribution >= 0.6 is 0 Å². The predicted molar refractivity (Wildman–Crippen MR) is 238 cm³/mol. The van der Waals surface area contributed by atoms with Crippen LogP contribution in [-0.4, -0.2) is 0 Å². The first-order valence-corrected chi connectivity index (χ1v) is 19.8. The normalized spacial score (nSPS) is 13.0. The molecule has 9 aromatic carbocycles. The number of anilines is 3. The topological polar surface area (TPSA) is 29.5 Å². The van der Waals surface area contributed by atoms with Crippen LogP contribution < -0.4 is 4.90 Å². The quantitative estimate of drug-likeness (QED) is 0.170. The van der Waals surface area contributed by atoms with Gasteiger partial charge < -0.3 is 13.7 Å². The fraction of sp³-hybridized carbons (Fsp3) is 0.0182. The van der Waals surface area contributed by atoms with Crippen molar-refractivity contribution in [3.8, 4) is 22.3 Å². The molecule has 0 amide bonds. The fourth-order valence-corrected chi connectivity index (χ4v) is 9.61. The van der Waals surface area contributed by atoms with Crippen molar-refractivity contribution in [1.29, 1.82) is 0 Å². The van der Waals surface area contributed by atoms with Crippen LogP contribution in [0.3, 0.4) is 0 Å². The van der Waals surface area contributed by atoms with Crippen LogP contribution in [0.4, 0.5) is 17.1 Å². The lowest BCUT2D eigenvalue weighted by Gasteiger charge is -2.33. The van der Waals surface area contributed by atoms with Crippen molar-refractivity contribution in [2.24, 2.45) is 0 Å². The molecule has 0 spiro atoms. The molecule has 0 aliphatic heterocycles. The van der Waals surface area contributed by atoms with Gasteiger partial charge in [-0.1, -0.05) is 152 Å². The molecular weight excluding hydrogens is 707 g/mol. The van der Waals surface area contributed by atoms with Gasteiger partial charge >= 0.3 is 0 Å². The van der Waals surface area contributed by atoms with Crippen LogP contribution in [0.15, 0.2) is 221 Å². The Hall–Kier alpha value is -7.62. The van der Waals surface area contributed by atoms with Crippen molar-refractivity contribution in [3.05, 3.63) is 235 Å². The third-order valence-electron chi connectivity index (χ3n) is 12.1. The van der Waals surface area contributed by atoms with Gasteiger partial charge in [-0.3, -0.25) is 0 Å². The van der Waals surface area contributed by atoms with Crippen LogP contribution in [0.2, 0.25) is 0 Å². The molecule has 12 rings (SSSR count). The Morgan fingerprint density at radius 2 is 0.948 bits per heavy atom. The molecular formula is C55H35NO2. The highest BCUT2D eigenvalue weighted by Gasteiger charge is 2.46. The number of rotatable bonds is 6. The Kier molecular flexibility index (Phi) is 7.14. The van der Waals surface area contributed by atoms with E-state index in [2.05, 4.69) is 205 Å². The van der Waals surface area contributed by atoms with Crippen LogP contribution in [0.25, 0.3) is 66.1 Å². The Bertz CT molecular complexity index is 3290. The van der Waals surface area contributed by atoms with E-state index in [0.717, 1.165) is 72.1 Å². The Labute approximate surface area is 335 Å². The number of hydrogen-bond acceptors (Lipinski definition) is 3. The number of nitrogens with zero attached hydrogens (tertiary/aromatic N) is 1. The molecule has 0 N–H and O–H groups in total. The van der Waals surface area contributed by atoms with Crippen molar-refractivity contribution in [3.63, 3.8) is 0 Å². The van der Waals surface area contributed by atoms with Gasteiger partial charge in [0.1, 0.15) is 16.7 Å². The summed E-state index contributed by atoms with van der Waals surface area (Å²) in [5, 5.41) is 4.45. The van der Waals surface area contributed by atoms with E-state index in [4.69, 9.17) is 8.83 Å². The van der Waals surface area contributed by atoms with Crippen LogP contribution in [0.1, 0.15) is 22.3 Å². The Morgan fingerprint density at radius 3 is 1.72 bits per heavy atom. The molecule has 11 aromatic rings. The third-order valence-corrected chi connectivity index (χ3v) is 12.1. The van der Waals surface area contributed by atoms with Gasteiger partial charge in [0.2, 0.25) is 0 Å². The first-order chi connectivity index (χ1) is 28.8. The molecule has 0 fully saturated rings. The van der Waals surface area contributed by atoms with Gasteiger partial charge in [0.25, 0.3) is 0 Å². The summed E-state index contributed by atoms with van der Waals surface area (Å²) in [6, 6.07) is 76.0. The van der Waals surface area contributed by atoms with Crippen molar-refractivity contribution in [1.82, 2.24) is 0 Å². The van der Waals surface area contributed by atoms with E-state index in [9.17, 15) is 0 Å². The summed E-state index contributed by atoms with van der Waals surface area (Å²) in [5.41, 5.74) is 16.0. The average molecular weight is 742 g/mol. The number of fused-ring (bicyclic) bond motifs is 9. The first-order valence-electron chi connectivity index (χ1n) is 19.8. The summed E-state index contributed by atoms with van der Waals surface area (Å²) in [7, 11) is 0. The van der Waals surface area contributed by atoms with Crippen LogP contribution in [0.5, 0.6) is 0 Å². The molecule has 2 heterocycles. The van der Waals surface area contributed by atoms with E-state index >= 15 is 0 Å². The van der Waals surface area contributed by atoms with Crippen LogP contribution in [-0.2, 0) is 5.41 Å². The molecule has 2 aromatic heterocycles. The number of para-hydroxylation sites is 3. The minimum atomic E-state index is -0.474. The van der Waals surface area contributed by atoms with Crippen molar-refractivity contribution in [2.45, 2.75) is 5.41 Å². The predicted octanol–water partition coefficient (Wildman–Crippen LogP) is 15.0. The highest BCUT2D eigenvalue weighted by atomic mass is 16.3. The number of hydrogen-bond donors (Lipinski definition) is 0. The zero-order valence-corrected chi connectivity index (χ0v) is 31.5. The van der Waals surface area contributed by atoms with E-state index in [1.807, 2.05) is 12.1 Å². The van der Waals surface area contributed by atoms with Crippen molar-refractivity contribution >= 4 is 60.9 Å². The maximum Gasteiger partial charge on any atom is 0.159 e. The van der Waals surface area contributed by atoms with Gasteiger partial charge in [0, 0.05) is 32.9 Å². The van der Waals surface area contributed by atoms with E-state index in [0.29, 0.717) is 0 Å². The lowest BCUT2D eigenvalue weighted by Crippen LogP contribution is -2.28. The summed E-state index contributed by atoms with van der Waals surface area (Å²) in [6.07, 6.45) is 0. The minimum Gasteiger partial charge on any atom is -0.456 e. The standard InChI is InChI=1S/C55H35NO2/c1-4-15-38(16-5-1)55(39-17-6-2-7-18-39)48-24-12-10-21-42(48)45-34-47-46-33-37(29-32-52(46)57-53(47)35-49(45)55)36-27-30-41(31-28-36)56(40-19-8-3-9-20-40)50-25-14-23-44-43-22-11-13-26-51(43)58-54(44)50/h1-35H. The summed E-state index contributed by atoms with van der Waals surface area (Å²) in [5.74, 6) is 0. The minimum absolute atomic E-state index is 0.474. The molecule has 58 heavy (non-hydrogen) atoms. The second-order valence-corrected chi connectivity index (χ2v) is 15.2. The van der Waals surface area contributed by atoms with Crippen molar-refractivity contribution < 1.29 is 8.83 Å². The highest BCUT2D eigenvalue weighted by molar-refractivity contribution is 6.11. The zero-order chi connectivity index (χ0) is 38.2. The monoisotopic (exact) mass is 741 g/mol. The van der Waals surface area contributed by atoms with Gasteiger partial charge in [0.15, 0.2) is 5.58 Å². The molecule has 0 saturated carbocycles. The molecule has 0 atom stereocenters. The summed E-state index contributed by atoms with van der Waals surface area (Å²) in [6.45, 7) is 0. The van der Waals surface area contributed by atoms with Crippen LogP contribution in [0, 0.1) is 0 Å². The van der Waals surface area contributed by atoms with E-state index in [-0.39, 0.29) is 0 Å². The molecule has 0 unspecified atom stereocenters. The molecule has 0 radical (unpaired) electrons. The second kappa shape index (κ2) is 12.7. The molecule has 272 valence electrons. The highest BCUT2D eigenvalue weighted by Crippen LogP contribution is 2.57. The van der Waals surface area contributed by atoms with E-state index in [1.54, 1.807) is 0 Å². The average Bonchev–Trinajstić information content (AvgIpc) is 3.95. The number of benzene rings is 9. The van der Waals surface area contributed by atoms with Gasteiger partial charge in [0.05, 0.1) is 11.1 Å². The molecule has 0 bridgehead atoms. The summed E-state index contributed by atoms with van der Waals surface area (Å²) < 4.78 is 13.2. The third kappa shape index (κ3) is 4.74. The zero-order valence-electron chi connectivity index (χ0n) is 31.5. The largest absolute Gasteiger partial charge is 0.456 e. The molecule has 1 aliphatic rings. The van der Waals surface area contributed by atoms with Gasteiger partial charge in [-0.05, 0) is 105 Å². The fourth-order valence-electron chi connectivity index (χ4n) is 9.61.